The molecule has 2 aromatic heterocycles. The van der Waals surface area contributed by atoms with Crippen LogP contribution < -0.4 is 4.74 Å². The molecule has 0 aliphatic rings. The van der Waals surface area contributed by atoms with Gasteiger partial charge < -0.3 is 4.74 Å². The zero-order valence-electron chi connectivity index (χ0n) is 11.4. The predicted octanol–water partition coefficient (Wildman–Crippen LogP) is 3.70. The quantitative estimate of drug-likeness (QED) is 0.687. The van der Waals surface area contributed by atoms with Crippen LogP contribution in [0.3, 0.4) is 0 Å². The summed E-state index contributed by atoms with van der Waals surface area (Å²) in [5, 5.41) is 0.874. The van der Waals surface area contributed by atoms with E-state index in [0.717, 1.165) is 21.4 Å². The largest absolute Gasteiger partial charge is 0.497 e. The molecule has 0 N–H and O–H groups in total. The van der Waals surface area contributed by atoms with E-state index >= 15 is 0 Å². The second-order valence-electron chi connectivity index (χ2n) is 4.21. The summed E-state index contributed by atoms with van der Waals surface area (Å²) in [6.07, 6.45) is 3.49. The van der Waals surface area contributed by atoms with Crippen LogP contribution in [0.4, 0.5) is 0 Å². The molecule has 5 heteroatoms. The molecule has 0 radical (unpaired) electrons. The van der Waals surface area contributed by atoms with E-state index in [1.54, 1.807) is 31.3 Å². The van der Waals surface area contributed by atoms with Crippen molar-refractivity contribution >= 4 is 11.8 Å². The lowest BCUT2D eigenvalue weighted by Gasteiger charge is -2.05. The average molecular weight is 295 g/mol. The van der Waals surface area contributed by atoms with Crippen molar-refractivity contribution in [1.82, 2.24) is 15.0 Å². The van der Waals surface area contributed by atoms with Crippen LogP contribution in [0, 0.1) is 0 Å². The SMILES string of the molecule is COc1cccc(Sc2ccnc(-c3ccccn3)n2)c1. The Morgan fingerprint density at radius 3 is 2.71 bits per heavy atom. The lowest BCUT2D eigenvalue weighted by molar-refractivity contribution is 0.413. The molecule has 4 nitrogen and oxygen atoms in total. The van der Waals surface area contributed by atoms with E-state index in [4.69, 9.17) is 4.74 Å². The number of ether oxygens (including phenoxy) is 1. The van der Waals surface area contributed by atoms with Crippen LogP contribution in [0.2, 0.25) is 0 Å². The summed E-state index contributed by atoms with van der Waals surface area (Å²) in [4.78, 5) is 14.2. The summed E-state index contributed by atoms with van der Waals surface area (Å²) in [5.74, 6) is 1.46. The Labute approximate surface area is 127 Å². The minimum Gasteiger partial charge on any atom is -0.497 e. The molecule has 0 saturated heterocycles. The standard InChI is InChI=1S/C16H13N3OS/c1-20-12-5-4-6-13(11-12)21-15-8-10-18-16(19-15)14-7-2-3-9-17-14/h2-11H,1H3. The lowest BCUT2D eigenvalue weighted by atomic mass is 10.3. The number of pyridine rings is 1. The number of nitrogens with zero attached hydrogens (tertiary/aromatic N) is 3. The summed E-state index contributed by atoms with van der Waals surface area (Å²) in [6, 6.07) is 15.5. The molecule has 0 bridgehead atoms. The van der Waals surface area contributed by atoms with E-state index in [1.807, 2.05) is 48.5 Å². The van der Waals surface area contributed by atoms with E-state index < -0.39 is 0 Å². The third-order valence-electron chi connectivity index (χ3n) is 2.79. The second kappa shape index (κ2) is 6.37. The summed E-state index contributed by atoms with van der Waals surface area (Å²) >= 11 is 1.57. The van der Waals surface area contributed by atoms with Gasteiger partial charge in [0.15, 0.2) is 5.82 Å². The van der Waals surface area contributed by atoms with Crippen LogP contribution in [0.15, 0.2) is 70.8 Å². The molecule has 0 fully saturated rings. The smallest absolute Gasteiger partial charge is 0.179 e. The highest BCUT2D eigenvalue weighted by atomic mass is 32.2. The molecular weight excluding hydrogens is 282 g/mol. The minimum atomic E-state index is 0.628. The highest BCUT2D eigenvalue weighted by Gasteiger charge is 2.05. The number of aromatic nitrogens is 3. The van der Waals surface area contributed by atoms with E-state index in [9.17, 15) is 0 Å². The van der Waals surface area contributed by atoms with E-state index in [2.05, 4.69) is 15.0 Å². The number of methoxy groups -OCH3 is 1. The average Bonchev–Trinajstić information content (AvgIpc) is 2.56. The number of hydrogen-bond acceptors (Lipinski definition) is 5. The monoisotopic (exact) mass is 295 g/mol. The van der Waals surface area contributed by atoms with Crippen molar-refractivity contribution in [3.8, 4) is 17.3 Å². The van der Waals surface area contributed by atoms with Gasteiger partial charge in [-0.25, -0.2) is 9.97 Å². The molecule has 1 aromatic carbocycles. The molecular formula is C16H13N3OS. The molecule has 0 aliphatic carbocycles. The summed E-state index contributed by atoms with van der Waals surface area (Å²) in [7, 11) is 1.66. The first-order valence-electron chi connectivity index (χ1n) is 6.41. The number of hydrogen-bond donors (Lipinski definition) is 0. The van der Waals surface area contributed by atoms with Crippen molar-refractivity contribution < 1.29 is 4.74 Å². The fourth-order valence-corrected chi connectivity index (χ4v) is 2.63. The molecule has 0 saturated carbocycles. The highest BCUT2D eigenvalue weighted by Crippen LogP contribution is 2.29. The molecule has 2 heterocycles. The van der Waals surface area contributed by atoms with Crippen LogP contribution in [0.1, 0.15) is 0 Å². The molecule has 0 amide bonds. The number of rotatable bonds is 4. The Morgan fingerprint density at radius 1 is 0.952 bits per heavy atom. The lowest BCUT2D eigenvalue weighted by Crippen LogP contribution is -1.92. The Bertz CT molecular complexity index is 734. The van der Waals surface area contributed by atoms with Gasteiger partial charge >= 0.3 is 0 Å². The maximum atomic E-state index is 5.23. The summed E-state index contributed by atoms with van der Waals surface area (Å²) in [6.45, 7) is 0. The molecule has 3 rings (SSSR count). The summed E-state index contributed by atoms with van der Waals surface area (Å²) in [5.41, 5.74) is 0.769. The van der Waals surface area contributed by atoms with Gasteiger partial charge in [0.25, 0.3) is 0 Å². The van der Waals surface area contributed by atoms with Gasteiger partial charge in [-0.05, 0) is 36.4 Å². The van der Waals surface area contributed by atoms with Crippen molar-refractivity contribution in [3.63, 3.8) is 0 Å². The van der Waals surface area contributed by atoms with Crippen LogP contribution in [0.25, 0.3) is 11.5 Å². The van der Waals surface area contributed by atoms with Crippen molar-refractivity contribution in [2.24, 2.45) is 0 Å². The van der Waals surface area contributed by atoms with Crippen molar-refractivity contribution in [1.29, 1.82) is 0 Å². The first-order chi connectivity index (χ1) is 10.3. The third-order valence-corrected chi connectivity index (χ3v) is 3.71. The summed E-state index contributed by atoms with van der Waals surface area (Å²) < 4.78 is 5.23. The van der Waals surface area contributed by atoms with Gasteiger partial charge in [0.2, 0.25) is 0 Å². The predicted molar refractivity (Wildman–Crippen MR) is 82.4 cm³/mol. The molecule has 3 aromatic rings. The van der Waals surface area contributed by atoms with Gasteiger partial charge in [-0.3, -0.25) is 4.98 Å². The second-order valence-corrected chi connectivity index (χ2v) is 5.31. The first-order valence-corrected chi connectivity index (χ1v) is 7.23. The number of benzene rings is 1. The van der Waals surface area contributed by atoms with Crippen LogP contribution in [-0.2, 0) is 0 Å². The van der Waals surface area contributed by atoms with E-state index in [0.29, 0.717) is 5.82 Å². The molecule has 0 unspecified atom stereocenters. The molecule has 0 spiro atoms. The topological polar surface area (TPSA) is 47.9 Å². The van der Waals surface area contributed by atoms with E-state index in [1.165, 1.54) is 0 Å². The fraction of sp³-hybridized carbons (Fsp3) is 0.0625. The maximum Gasteiger partial charge on any atom is 0.179 e. The zero-order chi connectivity index (χ0) is 14.5. The normalized spacial score (nSPS) is 10.3. The van der Waals surface area contributed by atoms with Crippen molar-refractivity contribution in [3.05, 3.63) is 60.9 Å². The Balaban J connectivity index is 1.86. The van der Waals surface area contributed by atoms with Gasteiger partial charge in [-0.1, -0.05) is 23.9 Å². The van der Waals surface area contributed by atoms with E-state index in [-0.39, 0.29) is 0 Å². The molecule has 0 atom stereocenters. The Morgan fingerprint density at radius 2 is 1.90 bits per heavy atom. The van der Waals surface area contributed by atoms with Crippen molar-refractivity contribution in [2.45, 2.75) is 9.92 Å². The molecule has 21 heavy (non-hydrogen) atoms. The van der Waals surface area contributed by atoms with Gasteiger partial charge in [-0.15, -0.1) is 0 Å². The molecule has 104 valence electrons. The van der Waals surface area contributed by atoms with Crippen molar-refractivity contribution in [2.75, 3.05) is 7.11 Å². The van der Waals surface area contributed by atoms with Crippen LogP contribution in [0.5, 0.6) is 5.75 Å². The van der Waals surface area contributed by atoms with Gasteiger partial charge in [0.05, 0.1) is 7.11 Å². The van der Waals surface area contributed by atoms with Gasteiger partial charge in [0.1, 0.15) is 16.5 Å². The van der Waals surface area contributed by atoms with Crippen LogP contribution in [-0.4, -0.2) is 22.1 Å². The minimum absolute atomic E-state index is 0.628. The third kappa shape index (κ3) is 3.38. The first kappa shape index (κ1) is 13.6. The molecule has 0 aliphatic heterocycles. The zero-order valence-corrected chi connectivity index (χ0v) is 12.2. The maximum absolute atomic E-state index is 5.23. The fourth-order valence-electron chi connectivity index (χ4n) is 1.80. The van der Waals surface area contributed by atoms with Gasteiger partial charge in [0, 0.05) is 17.3 Å². The highest BCUT2D eigenvalue weighted by molar-refractivity contribution is 7.99. The van der Waals surface area contributed by atoms with Gasteiger partial charge in [-0.2, -0.15) is 0 Å². The van der Waals surface area contributed by atoms with Crippen LogP contribution >= 0.6 is 11.8 Å². The Hall–Kier alpha value is -2.40. The Kier molecular flexibility index (Phi) is 4.12.